The molecule has 0 radical (unpaired) electrons. The number of fused-ring (bicyclic) bond motifs is 6. The van der Waals surface area contributed by atoms with E-state index in [4.69, 9.17) is 0 Å². The van der Waals surface area contributed by atoms with Gasteiger partial charge in [-0.1, -0.05) is 141 Å². The molecule has 6 aromatic carbocycles. The molecular formula is C108H144N18O18. The first-order valence-electron chi connectivity index (χ1n) is 50.6. The van der Waals surface area contributed by atoms with Gasteiger partial charge in [-0.25, -0.2) is 0 Å². The molecule has 6 heterocycles. The van der Waals surface area contributed by atoms with Crippen molar-refractivity contribution < 1.29 is 86.9 Å². The molecule has 36 nitrogen and oxygen atoms in total. The molecule has 4 saturated heterocycles. The SMILES string of the molecule is CC[C@H](C)[C@@H]1NC(=O)[C@H](CC(=O)O)NC(=O)[C@H](CC(C)C)NC(=O)c2ccc(-c3ccc(N4CCN(C(=O)c5ccccc5-c5ccccc5C(=O)N5CCN(c6ccc(-c7ccc8cc7CNC(=O)[C@@H]7CCCN7[C@H](C(=O)NC(C)(C)C)[C@H](C)NC(=O)[C@H]([C@@H](C)CC)NC(=O)[C@H](CC(=O)O)NC(=O)[C@H](CC(C)C)NC8=O)cc6)CC5)CC4)cc3)c(c2)CNC(=O)[C@@H]2CCCN2[C@H](C(=O)NC(C)(C)C)[C@H](C)NC1=O. The number of piperazine rings is 2. The van der Waals surface area contributed by atoms with Gasteiger partial charge in [0.25, 0.3) is 23.6 Å². The third kappa shape index (κ3) is 27.7. The van der Waals surface area contributed by atoms with Gasteiger partial charge in [-0.3, -0.25) is 86.5 Å². The number of carboxylic acids is 2. The van der Waals surface area contributed by atoms with Crippen molar-refractivity contribution >= 4 is 106 Å². The van der Waals surface area contributed by atoms with Crippen molar-refractivity contribution in [3.05, 3.63) is 167 Å². The first-order chi connectivity index (χ1) is 68.3. The van der Waals surface area contributed by atoms with Crippen LogP contribution in [0.4, 0.5) is 11.4 Å². The monoisotopic (exact) mass is 1980 g/mol. The van der Waals surface area contributed by atoms with Gasteiger partial charge >= 0.3 is 11.9 Å². The molecule has 14 amide bonds. The van der Waals surface area contributed by atoms with Crippen LogP contribution in [0.25, 0.3) is 33.4 Å². The minimum atomic E-state index is -1.68. The second-order valence-electron chi connectivity index (χ2n) is 42.1. The topological polar surface area (TPSA) is 477 Å². The Labute approximate surface area is 842 Å². The van der Waals surface area contributed by atoms with E-state index in [1.807, 2.05) is 166 Å². The number of hydrogen-bond acceptors (Lipinski definition) is 20. The molecule has 14 atom stereocenters. The highest BCUT2D eigenvalue weighted by Crippen LogP contribution is 2.36. The van der Waals surface area contributed by atoms with Gasteiger partial charge in [0.15, 0.2) is 0 Å². The van der Waals surface area contributed by atoms with Crippen LogP contribution in [0, 0.1) is 23.7 Å². The van der Waals surface area contributed by atoms with Crippen LogP contribution in [0.5, 0.6) is 0 Å². The van der Waals surface area contributed by atoms with Gasteiger partial charge in [-0.2, -0.15) is 0 Å². The van der Waals surface area contributed by atoms with E-state index in [1.54, 1.807) is 98.2 Å². The van der Waals surface area contributed by atoms with E-state index in [0.29, 0.717) is 148 Å². The lowest BCUT2D eigenvalue weighted by atomic mass is 9.93. The number of carbonyl (C=O) groups is 16. The van der Waals surface area contributed by atoms with Gasteiger partial charge in [0.2, 0.25) is 59.1 Å². The van der Waals surface area contributed by atoms with Gasteiger partial charge in [-0.15, -0.1) is 0 Å². The number of nitrogens with one attached hydrogen (secondary N) is 12. The number of carboxylic acid groups (broad SMARTS) is 2. The fourth-order valence-corrected chi connectivity index (χ4v) is 20.0. The number of hydrogen-bond donors (Lipinski definition) is 14. The summed E-state index contributed by atoms with van der Waals surface area (Å²) in [6, 6.07) is 26.0. The Morgan fingerprint density at radius 1 is 0.382 bits per heavy atom. The number of amides is 14. The molecule has 0 aliphatic carbocycles. The van der Waals surface area contributed by atoms with Gasteiger partial charge in [0, 0.05) is 110 Å². The normalized spacial score (nSPS) is 23.7. The molecule has 6 aliphatic heterocycles. The summed E-state index contributed by atoms with van der Waals surface area (Å²) in [7, 11) is 0. The fourth-order valence-electron chi connectivity index (χ4n) is 20.0. The van der Waals surface area contributed by atoms with E-state index < -0.39 is 191 Å². The summed E-state index contributed by atoms with van der Waals surface area (Å²) in [6.07, 6.45) is 1.03. The Morgan fingerprint density at radius 3 is 1.04 bits per heavy atom. The Hall–Kier alpha value is -13.6. The third-order valence-corrected chi connectivity index (χ3v) is 27.9. The lowest BCUT2D eigenvalue weighted by molar-refractivity contribution is -0.142. The largest absolute Gasteiger partial charge is 0.481 e. The van der Waals surface area contributed by atoms with Gasteiger partial charge in [0.05, 0.1) is 37.0 Å². The highest BCUT2D eigenvalue weighted by atomic mass is 16.4. The molecule has 4 bridgehead atoms. The molecule has 6 aliphatic rings. The summed E-state index contributed by atoms with van der Waals surface area (Å²) in [6.45, 7) is 32.4. The number of carbonyl (C=O) groups excluding carboxylic acids is 14. The summed E-state index contributed by atoms with van der Waals surface area (Å²) in [5, 5.41) is 54.6. The Morgan fingerprint density at radius 2 is 0.715 bits per heavy atom. The van der Waals surface area contributed by atoms with Crippen LogP contribution in [0.3, 0.4) is 0 Å². The maximum absolute atomic E-state index is 15.0. The third-order valence-electron chi connectivity index (χ3n) is 27.9. The predicted octanol–water partition coefficient (Wildman–Crippen LogP) is 7.65. The first-order valence-corrected chi connectivity index (χ1v) is 50.6. The highest BCUT2D eigenvalue weighted by molar-refractivity contribution is 6.08. The van der Waals surface area contributed by atoms with Crippen molar-refractivity contribution in [3.8, 4) is 33.4 Å². The Bertz CT molecular complexity index is 5380. The predicted molar refractivity (Wildman–Crippen MR) is 546 cm³/mol. The van der Waals surface area contributed by atoms with Crippen molar-refractivity contribution in [1.82, 2.24) is 83.4 Å². The van der Waals surface area contributed by atoms with Gasteiger partial charge < -0.3 is 93.6 Å². The van der Waals surface area contributed by atoms with Crippen molar-refractivity contribution in [2.45, 2.75) is 272 Å². The zero-order valence-corrected chi connectivity index (χ0v) is 85.6. The van der Waals surface area contributed by atoms with Crippen LogP contribution in [-0.4, -0.2) is 273 Å². The molecule has 0 aromatic heterocycles. The lowest BCUT2D eigenvalue weighted by Crippen LogP contribution is -2.64. The van der Waals surface area contributed by atoms with Crippen molar-refractivity contribution in [2.75, 3.05) is 75.2 Å². The summed E-state index contributed by atoms with van der Waals surface area (Å²) in [4.78, 5) is 241. The molecule has 144 heavy (non-hydrogen) atoms. The maximum Gasteiger partial charge on any atom is 0.305 e. The quantitative estimate of drug-likeness (QED) is 0.0329. The van der Waals surface area contributed by atoms with E-state index in [1.165, 1.54) is 0 Å². The van der Waals surface area contributed by atoms with E-state index in [-0.39, 0.29) is 60.7 Å². The van der Waals surface area contributed by atoms with Gasteiger partial charge in [-0.05, 0) is 236 Å². The van der Waals surface area contributed by atoms with Crippen LogP contribution < -0.4 is 73.6 Å². The van der Waals surface area contributed by atoms with Crippen molar-refractivity contribution in [2.24, 2.45) is 23.7 Å². The van der Waals surface area contributed by atoms with E-state index in [0.717, 1.165) is 22.5 Å². The van der Waals surface area contributed by atoms with Crippen LogP contribution >= 0.6 is 0 Å². The molecule has 12 rings (SSSR count). The summed E-state index contributed by atoms with van der Waals surface area (Å²) in [5.41, 5.74) is 6.40. The minimum absolute atomic E-state index is 0.0863. The Balaban J connectivity index is 0.735. The molecule has 0 saturated carbocycles. The molecular weight excluding hydrogens is 1840 g/mol. The average Bonchev–Trinajstić information content (AvgIpc) is 1.76. The average molecular weight is 1980 g/mol. The molecule has 6 aromatic rings. The van der Waals surface area contributed by atoms with Crippen LogP contribution in [0.1, 0.15) is 228 Å². The number of benzene rings is 6. The second-order valence-corrected chi connectivity index (χ2v) is 42.1. The van der Waals surface area contributed by atoms with Crippen LogP contribution in [-0.2, 0) is 70.6 Å². The van der Waals surface area contributed by atoms with Crippen LogP contribution in [0.15, 0.2) is 133 Å². The van der Waals surface area contributed by atoms with Crippen molar-refractivity contribution in [1.29, 1.82) is 0 Å². The van der Waals surface area contributed by atoms with Crippen LogP contribution in [0.2, 0.25) is 0 Å². The van der Waals surface area contributed by atoms with E-state index >= 15 is 9.59 Å². The number of nitrogens with zero attached hydrogens (tertiary/aromatic N) is 6. The smallest absolute Gasteiger partial charge is 0.305 e. The molecule has 14 N–H and O–H groups in total. The van der Waals surface area contributed by atoms with E-state index in [9.17, 15) is 77.3 Å². The molecule has 774 valence electrons. The second kappa shape index (κ2) is 48.2. The minimum Gasteiger partial charge on any atom is -0.481 e. The number of rotatable bonds is 21. The standard InChI is InChI=1S/C108H144N18O18/c1-17-63(7)89-101(139)111-65(9)91(103(141)119-107(11,12)13)125-43-23-29-85(125)99(137)109-59-71-55-69(93(131)113-81(53-61(3)4)95(133)115-83(57-87(127)128)97(135)117-89)35-41-75(71)67-31-37-73(38-32-67)121-45-49-123(50-46-121)105(143)79-27-21-19-25-77(79)78-26-20-22-28-80(78)106(144)124-51-47-122(48-52-124)74-39-33-68(34-40-74)76-42-36-70-56-72(76)60-110-100(138)86-30-24-44-126(86)92(104(142)120-108(14,15)16)66(10)112-102(140)90(64(8)18-2)118-98(136)84(58-88(129)130)116-96(134)82(54-62(5)6)114-94(70)132/h19-22,25-28,31-42,55-56,61-66,81-86,89-92H,17-18,23-24,29-30,43-54,57-60H2,1-16H3,(H,109,137)(H,110,138)(H,111,139)(H,112,140)(H,113,131)(H,114,132)(H,115,133)(H,116,134)(H,117,135)(H,118,136)(H,119,141)(H,120,142)(H,127,128)(H,129,130)/t63-,64-,65-,66-,81-,82-,83-,84-,85-,86-,89-,90-,91-,92-/m0/s1. The Kier molecular flexibility index (Phi) is 36.5. The summed E-state index contributed by atoms with van der Waals surface area (Å²) < 4.78 is 0. The summed E-state index contributed by atoms with van der Waals surface area (Å²) >= 11 is 0. The zero-order chi connectivity index (χ0) is 105. The highest BCUT2D eigenvalue weighted by Gasteiger charge is 2.47. The van der Waals surface area contributed by atoms with Crippen molar-refractivity contribution in [3.63, 3.8) is 0 Å². The van der Waals surface area contributed by atoms with Gasteiger partial charge in [0.1, 0.15) is 48.3 Å². The molecule has 4 fully saturated rings. The number of aliphatic carboxylic acids is 2. The zero-order valence-electron chi connectivity index (χ0n) is 85.6. The molecule has 0 unspecified atom stereocenters. The van der Waals surface area contributed by atoms with E-state index in [2.05, 4.69) is 73.6 Å². The first kappa shape index (κ1) is 109. The molecule has 36 heteroatoms. The fraction of sp³-hybridized carbons (Fsp3) is 0.519. The molecule has 0 spiro atoms. The summed E-state index contributed by atoms with van der Waals surface area (Å²) in [5.74, 6) is -12.6. The maximum atomic E-state index is 15.0. The lowest BCUT2D eigenvalue weighted by Gasteiger charge is -2.38. The number of anilines is 2.